The van der Waals surface area contributed by atoms with Crippen molar-refractivity contribution in [2.24, 2.45) is 0 Å². The van der Waals surface area contributed by atoms with Gasteiger partial charge in [-0.25, -0.2) is 13.2 Å². The highest BCUT2D eigenvalue weighted by atomic mass is 32.2. The molecule has 1 N–H and O–H groups in total. The van der Waals surface area contributed by atoms with Gasteiger partial charge in [-0.2, -0.15) is 4.31 Å². The van der Waals surface area contributed by atoms with Gasteiger partial charge in [0.25, 0.3) is 10.0 Å². The second kappa shape index (κ2) is 5.68. The number of aryl methyl sites for hydroxylation is 1. The Hall–Kier alpha value is -1.38. The first kappa shape index (κ1) is 15.5. The van der Waals surface area contributed by atoms with Gasteiger partial charge in [0.1, 0.15) is 11.3 Å². The van der Waals surface area contributed by atoms with Gasteiger partial charge >= 0.3 is 5.97 Å². The second-order valence-corrected chi connectivity index (χ2v) is 7.51. The fraction of sp³-hybridized carbons (Fsp3) is 0.643. The van der Waals surface area contributed by atoms with Gasteiger partial charge in [-0.15, -0.1) is 0 Å². The van der Waals surface area contributed by atoms with Crippen LogP contribution in [0.3, 0.4) is 0 Å². The smallest absolute Gasteiger partial charge is 0.341 e. The minimum atomic E-state index is -3.75. The molecule has 0 aliphatic carbocycles. The molecule has 2 aliphatic rings. The van der Waals surface area contributed by atoms with Gasteiger partial charge in [0.2, 0.25) is 5.09 Å². The number of sulfonamides is 1. The number of fused-ring (bicyclic) bond motifs is 2. The number of carbonyl (C=O) groups is 1. The normalized spacial score (nSPS) is 25.9. The third-order valence-corrected chi connectivity index (χ3v) is 6.28. The van der Waals surface area contributed by atoms with Crippen LogP contribution >= 0.6 is 0 Å². The molecule has 0 amide bonds. The number of nitrogens with one attached hydrogen (secondary N) is 1. The first-order valence-electron chi connectivity index (χ1n) is 7.38. The molecule has 22 heavy (non-hydrogen) atoms. The highest BCUT2D eigenvalue weighted by molar-refractivity contribution is 7.89. The van der Waals surface area contributed by atoms with Gasteiger partial charge in [0.05, 0.1) is 7.11 Å². The Kier molecular flexibility index (Phi) is 4.00. The van der Waals surface area contributed by atoms with Crippen LogP contribution in [0, 0.1) is 6.92 Å². The van der Waals surface area contributed by atoms with Crippen molar-refractivity contribution in [2.45, 2.75) is 43.4 Å². The van der Waals surface area contributed by atoms with E-state index >= 15 is 0 Å². The Labute approximate surface area is 129 Å². The lowest BCUT2D eigenvalue weighted by molar-refractivity contribution is 0.0598. The lowest BCUT2D eigenvalue weighted by atomic mass is 10.1. The number of rotatable bonds is 3. The van der Waals surface area contributed by atoms with Crippen molar-refractivity contribution in [3.8, 4) is 0 Å². The molecule has 2 fully saturated rings. The largest absolute Gasteiger partial charge is 0.465 e. The molecule has 2 bridgehead atoms. The molecule has 2 saturated heterocycles. The Morgan fingerprint density at radius 3 is 2.82 bits per heavy atom. The predicted octanol–water partition coefficient (Wildman–Crippen LogP) is 0.890. The number of carbonyl (C=O) groups excluding carboxylic acids is 1. The molecule has 1 aromatic rings. The Bertz CT molecular complexity index is 667. The van der Waals surface area contributed by atoms with Crippen molar-refractivity contribution in [3.05, 3.63) is 17.4 Å². The number of hydrogen-bond donors (Lipinski definition) is 1. The van der Waals surface area contributed by atoms with Gasteiger partial charge < -0.3 is 14.5 Å². The van der Waals surface area contributed by atoms with E-state index in [1.807, 2.05) is 0 Å². The van der Waals surface area contributed by atoms with Crippen molar-refractivity contribution in [2.75, 3.05) is 20.2 Å². The van der Waals surface area contributed by atoms with E-state index < -0.39 is 16.0 Å². The zero-order valence-corrected chi connectivity index (χ0v) is 13.5. The maximum atomic E-state index is 12.9. The number of furan rings is 1. The third kappa shape index (κ3) is 2.45. The Morgan fingerprint density at radius 2 is 2.09 bits per heavy atom. The highest BCUT2D eigenvalue weighted by Crippen LogP contribution is 2.34. The van der Waals surface area contributed by atoms with Gasteiger partial charge in [0, 0.05) is 24.7 Å². The minimum Gasteiger partial charge on any atom is -0.465 e. The molecule has 0 radical (unpaired) electrons. The second-order valence-electron chi connectivity index (χ2n) is 5.74. The van der Waals surface area contributed by atoms with E-state index in [2.05, 4.69) is 10.1 Å². The topological polar surface area (TPSA) is 88.9 Å². The molecule has 3 heterocycles. The average Bonchev–Trinajstić information content (AvgIpc) is 2.98. The summed E-state index contributed by atoms with van der Waals surface area (Å²) in [7, 11) is -2.49. The van der Waals surface area contributed by atoms with Gasteiger partial charge in [-0.05, 0) is 32.7 Å². The molecule has 3 rings (SSSR count). The molecule has 7 nitrogen and oxygen atoms in total. The quantitative estimate of drug-likeness (QED) is 0.829. The van der Waals surface area contributed by atoms with Crippen LogP contribution in [0.15, 0.2) is 15.6 Å². The molecule has 122 valence electrons. The van der Waals surface area contributed by atoms with Crippen molar-refractivity contribution in [1.29, 1.82) is 0 Å². The molecular weight excluding hydrogens is 308 g/mol. The molecule has 0 aromatic carbocycles. The zero-order chi connectivity index (χ0) is 15.9. The van der Waals surface area contributed by atoms with Crippen LogP contribution in [0.25, 0.3) is 0 Å². The number of methoxy groups -OCH3 is 1. The van der Waals surface area contributed by atoms with Crippen LogP contribution in [0.4, 0.5) is 0 Å². The Morgan fingerprint density at radius 1 is 1.36 bits per heavy atom. The summed E-state index contributed by atoms with van der Waals surface area (Å²) in [6, 6.07) is 1.22. The summed E-state index contributed by atoms with van der Waals surface area (Å²) in [5.74, 6) is -0.339. The molecule has 2 atom stereocenters. The van der Waals surface area contributed by atoms with Crippen LogP contribution in [0.5, 0.6) is 0 Å². The number of nitrogens with zero attached hydrogens (tertiary/aromatic N) is 1. The van der Waals surface area contributed by atoms with Gasteiger partial charge in [-0.3, -0.25) is 0 Å². The van der Waals surface area contributed by atoms with Crippen molar-refractivity contribution in [3.63, 3.8) is 0 Å². The lowest BCUT2D eigenvalue weighted by Gasteiger charge is -2.25. The third-order valence-electron chi connectivity index (χ3n) is 4.42. The molecule has 0 saturated carbocycles. The summed E-state index contributed by atoms with van der Waals surface area (Å²) >= 11 is 0. The van der Waals surface area contributed by atoms with Crippen LogP contribution < -0.4 is 5.32 Å². The van der Waals surface area contributed by atoms with E-state index in [1.165, 1.54) is 13.2 Å². The summed E-state index contributed by atoms with van der Waals surface area (Å²) in [5, 5.41) is 3.09. The number of esters is 1. The van der Waals surface area contributed by atoms with Gasteiger partial charge in [-0.1, -0.05) is 0 Å². The summed E-state index contributed by atoms with van der Waals surface area (Å²) < 4.78 is 37.4. The molecular formula is C14H20N2O5S. The summed E-state index contributed by atoms with van der Waals surface area (Å²) in [4.78, 5) is 11.6. The minimum absolute atomic E-state index is 0.00279. The number of hydrogen-bond acceptors (Lipinski definition) is 6. The van der Waals surface area contributed by atoms with Crippen molar-refractivity contribution < 1.29 is 22.4 Å². The number of ether oxygens (including phenoxy) is 1. The lowest BCUT2D eigenvalue weighted by Crippen LogP contribution is -2.42. The molecule has 2 unspecified atom stereocenters. The van der Waals surface area contributed by atoms with E-state index in [9.17, 15) is 13.2 Å². The molecule has 2 aliphatic heterocycles. The predicted molar refractivity (Wildman–Crippen MR) is 78.1 cm³/mol. The maximum absolute atomic E-state index is 12.9. The van der Waals surface area contributed by atoms with E-state index in [-0.39, 0.29) is 28.5 Å². The van der Waals surface area contributed by atoms with E-state index in [1.54, 1.807) is 11.2 Å². The van der Waals surface area contributed by atoms with E-state index in [4.69, 9.17) is 4.42 Å². The SMILES string of the molecule is COC(=O)c1cc(S(=O)(=O)N2C3CCNCC2CC3)oc1C. The van der Waals surface area contributed by atoms with Crippen LogP contribution in [-0.4, -0.2) is 51.0 Å². The summed E-state index contributed by atoms with van der Waals surface area (Å²) in [5.41, 5.74) is 0.154. The van der Waals surface area contributed by atoms with Crippen LogP contribution in [0.2, 0.25) is 0 Å². The van der Waals surface area contributed by atoms with Crippen LogP contribution in [0.1, 0.15) is 35.4 Å². The first-order chi connectivity index (χ1) is 10.4. The average molecular weight is 328 g/mol. The summed E-state index contributed by atoms with van der Waals surface area (Å²) in [6.45, 7) is 3.03. The van der Waals surface area contributed by atoms with Crippen LogP contribution in [-0.2, 0) is 14.8 Å². The van der Waals surface area contributed by atoms with Crippen molar-refractivity contribution >= 4 is 16.0 Å². The Balaban J connectivity index is 1.98. The summed E-state index contributed by atoms with van der Waals surface area (Å²) in [6.07, 6.45) is 2.51. The maximum Gasteiger partial charge on any atom is 0.341 e. The zero-order valence-electron chi connectivity index (χ0n) is 12.7. The standard InChI is InChI=1S/C14H20N2O5S/c1-9-12(14(17)20-2)7-13(21-9)22(18,19)16-10-3-4-11(16)8-15-6-5-10/h7,10-11,15H,3-6,8H2,1-2H3. The highest BCUT2D eigenvalue weighted by Gasteiger charge is 2.44. The first-order valence-corrected chi connectivity index (χ1v) is 8.82. The van der Waals surface area contributed by atoms with E-state index in [0.29, 0.717) is 6.54 Å². The fourth-order valence-corrected chi connectivity index (χ4v) is 5.21. The van der Waals surface area contributed by atoms with Gasteiger partial charge in [0.15, 0.2) is 0 Å². The molecule has 0 spiro atoms. The fourth-order valence-electron chi connectivity index (χ4n) is 3.33. The monoisotopic (exact) mass is 328 g/mol. The molecule has 1 aromatic heterocycles. The molecule has 8 heteroatoms. The van der Waals surface area contributed by atoms with Crippen molar-refractivity contribution in [1.82, 2.24) is 9.62 Å². The van der Waals surface area contributed by atoms with E-state index in [0.717, 1.165) is 25.8 Å².